The summed E-state index contributed by atoms with van der Waals surface area (Å²) in [5.74, 6) is -0.920. The van der Waals surface area contributed by atoms with E-state index < -0.39 is 6.10 Å². The van der Waals surface area contributed by atoms with Crippen molar-refractivity contribution in [3.05, 3.63) is 85.1 Å². The maximum absolute atomic E-state index is 12.9. The van der Waals surface area contributed by atoms with Gasteiger partial charge in [0.1, 0.15) is 13.2 Å². The molecule has 0 amide bonds. The average Bonchev–Trinajstić information content (AvgIpc) is 3.36. The van der Waals surface area contributed by atoms with Gasteiger partial charge >= 0.3 is 17.9 Å². The summed E-state index contributed by atoms with van der Waals surface area (Å²) in [6, 6.07) is 0. The molecule has 1 unspecified atom stereocenters. The lowest BCUT2D eigenvalue weighted by atomic mass is 10.1. The Kier molecular flexibility index (Phi) is 55.3. The van der Waals surface area contributed by atoms with Crippen LogP contribution in [0.5, 0.6) is 0 Å². The van der Waals surface area contributed by atoms with Crippen LogP contribution in [0.4, 0.5) is 0 Å². The van der Waals surface area contributed by atoms with Crippen LogP contribution in [0.1, 0.15) is 284 Å². The minimum absolute atomic E-state index is 0.0909. The van der Waals surface area contributed by atoms with Gasteiger partial charge in [0.05, 0.1) is 0 Å². The van der Waals surface area contributed by atoms with Crippen molar-refractivity contribution >= 4 is 17.9 Å². The number of unbranched alkanes of at least 4 members (excludes halogenated alkanes) is 32. The van der Waals surface area contributed by atoms with Gasteiger partial charge in [0, 0.05) is 19.3 Å². The van der Waals surface area contributed by atoms with Gasteiger partial charge in [0.25, 0.3) is 0 Å². The number of carbonyl (C=O) groups excluding carboxylic acids is 3. The zero-order chi connectivity index (χ0) is 50.7. The van der Waals surface area contributed by atoms with E-state index in [1.54, 1.807) is 0 Å². The van der Waals surface area contributed by atoms with Crippen LogP contribution in [0, 0.1) is 0 Å². The van der Waals surface area contributed by atoms with Gasteiger partial charge in [-0.2, -0.15) is 0 Å². The molecule has 70 heavy (non-hydrogen) atoms. The summed E-state index contributed by atoms with van der Waals surface area (Å²) < 4.78 is 16.9. The molecule has 0 N–H and O–H groups in total. The molecule has 0 aliphatic heterocycles. The summed E-state index contributed by atoms with van der Waals surface area (Å²) in [7, 11) is 0. The first-order valence-corrected chi connectivity index (χ1v) is 29.7. The molecule has 0 aliphatic rings. The fourth-order valence-corrected chi connectivity index (χ4v) is 8.26. The Morgan fingerprint density at radius 3 is 0.900 bits per heavy atom. The van der Waals surface area contributed by atoms with Crippen molar-refractivity contribution in [3.8, 4) is 0 Å². The maximum Gasteiger partial charge on any atom is 0.306 e. The molecule has 0 spiro atoms. The molecular formula is C64H110O6. The van der Waals surface area contributed by atoms with E-state index in [0.717, 1.165) is 96.3 Å². The van der Waals surface area contributed by atoms with Crippen LogP contribution in [0.25, 0.3) is 0 Å². The Balaban J connectivity index is 4.43. The fraction of sp³-hybridized carbons (Fsp3) is 0.734. The average molecular weight is 976 g/mol. The Hall–Kier alpha value is -3.41. The molecule has 0 aromatic carbocycles. The number of esters is 3. The minimum Gasteiger partial charge on any atom is -0.462 e. The predicted molar refractivity (Wildman–Crippen MR) is 302 cm³/mol. The quantitative estimate of drug-likeness (QED) is 0.0199. The Labute approximate surface area is 433 Å². The maximum atomic E-state index is 12.9. The molecule has 6 nitrogen and oxygen atoms in total. The highest BCUT2D eigenvalue weighted by atomic mass is 16.6. The van der Waals surface area contributed by atoms with E-state index in [-0.39, 0.29) is 31.1 Å². The summed E-state index contributed by atoms with van der Waals surface area (Å²) in [5.41, 5.74) is 0. The highest BCUT2D eigenvalue weighted by molar-refractivity contribution is 5.71. The van der Waals surface area contributed by atoms with Crippen molar-refractivity contribution in [2.45, 2.75) is 290 Å². The van der Waals surface area contributed by atoms with Crippen molar-refractivity contribution in [1.29, 1.82) is 0 Å². The lowest BCUT2D eigenvalue weighted by Crippen LogP contribution is -2.30. The molecule has 0 fully saturated rings. The third kappa shape index (κ3) is 55.5. The first-order valence-electron chi connectivity index (χ1n) is 29.7. The Morgan fingerprint density at radius 2 is 0.571 bits per heavy atom. The Bertz CT molecular complexity index is 1350. The van der Waals surface area contributed by atoms with Gasteiger partial charge in [-0.15, -0.1) is 0 Å². The normalized spacial score (nSPS) is 12.7. The lowest BCUT2D eigenvalue weighted by molar-refractivity contribution is -0.167. The molecule has 0 heterocycles. The summed E-state index contributed by atoms with van der Waals surface area (Å²) >= 11 is 0. The molecule has 402 valence electrons. The van der Waals surface area contributed by atoms with E-state index in [0.29, 0.717) is 19.3 Å². The molecule has 0 rings (SSSR count). The largest absolute Gasteiger partial charge is 0.462 e. The van der Waals surface area contributed by atoms with Crippen molar-refractivity contribution in [2.24, 2.45) is 0 Å². The third-order valence-corrected chi connectivity index (χ3v) is 12.7. The van der Waals surface area contributed by atoms with Crippen LogP contribution >= 0.6 is 0 Å². The first kappa shape index (κ1) is 66.6. The van der Waals surface area contributed by atoms with Gasteiger partial charge in [-0.25, -0.2) is 0 Å². The van der Waals surface area contributed by atoms with Crippen LogP contribution in [0.2, 0.25) is 0 Å². The van der Waals surface area contributed by atoms with E-state index in [4.69, 9.17) is 14.2 Å². The second-order valence-corrected chi connectivity index (χ2v) is 19.6. The fourth-order valence-electron chi connectivity index (χ4n) is 8.26. The lowest BCUT2D eigenvalue weighted by Gasteiger charge is -2.18. The second kappa shape index (κ2) is 58.2. The number of hydrogen-bond acceptors (Lipinski definition) is 6. The summed E-state index contributed by atoms with van der Waals surface area (Å²) in [4.78, 5) is 38.2. The SMILES string of the molecule is CC\C=C/C=C\C=C/CCCCCCCCCC(=O)OCC(COC(=O)CCCCCCCCC/C=C\CCCCCCCCCC)OC(=O)CCCCCCC\C=C/C=C\C=C/CCCCCCC. The van der Waals surface area contributed by atoms with Crippen LogP contribution < -0.4 is 0 Å². The van der Waals surface area contributed by atoms with Crippen LogP contribution in [-0.4, -0.2) is 37.2 Å². The number of carbonyl (C=O) groups is 3. The number of allylic oxidation sites excluding steroid dienone is 14. The van der Waals surface area contributed by atoms with Crippen molar-refractivity contribution in [2.75, 3.05) is 13.2 Å². The monoisotopic (exact) mass is 975 g/mol. The molecule has 0 saturated heterocycles. The zero-order valence-electron chi connectivity index (χ0n) is 46.0. The first-order chi connectivity index (χ1) is 34.5. The summed E-state index contributed by atoms with van der Waals surface area (Å²) in [6.07, 6.45) is 75.7. The molecule has 0 saturated carbocycles. The molecule has 6 heteroatoms. The third-order valence-electron chi connectivity index (χ3n) is 12.7. The second-order valence-electron chi connectivity index (χ2n) is 19.6. The van der Waals surface area contributed by atoms with E-state index in [1.807, 2.05) is 0 Å². The van der Waals surface area contributed by atoms with Gasteiger partial charge in [-0.1, -0.05) is 260 Å². The van der Waals surface area contributed by atoms with Gasteiger partial charge in [0.15, 0.2) is 6.10 Å². The smallest absolute Gasteiger partial charge is 0.306 e. The molecule has 0 bridgehead atoms. The van der Waals surface area contributed by atoms with Gasteiger partial charge in [-0.3, -0.25) is 14.4 Å². The predicted octanol–water partition coefficient (Wildman–Crippen LogP) is 19.9. The standard InChI is InChI=1S/C64H110O6/c1-4-7-10-13-16-19-22-25-28-30-32-34-36-39-42-45-48-51-54-57-63(66)69-60-61(59-68-62(65)56-53-50-47-44-41-38-35-27-24-21-18-15-12-9-6-3)70-64(67)58-55-52-49-46-43-40-37-33-31-29-26-23-20-17-14-11-8-5-2/h9,12,15,18,21,23-24,26,29-33,37,61H,4-8,10-11,13-14,16-17,19-20,22,25,27-28,34-36,38-60H2,1-3H3/b12-9-,18-15-,24-21-,26-23-,31-29-,32-30-,37-33-. The topological polar surface area (TPSA) is 78.9 Å². The molecule has 0 aromatic heterocycles. The number of rotatable bonds is 53. The van der Waals surface area contributed by atoms with Gasteiger partial charge < -0.3 is 14.2 Å². The molecule has 0 radical (unpaired) electrons. The van der Waals surface area contributed by atoms with Crippen molar-refractivity contribution < 1.29 is 28.6 Å². The molecular weight excluding hydrogens is 865 g/mol. The molecule has 0 aliphatic carbocycles. The van der Waals surface area contributed by atoms with Gasteiger partial charge in [0.2, 0.25) is 0 Å². The van der Waals surface area contributed by atoms with Crippen LogP contribution in [-0.2, 0) is 28.6 Å². The molecule has 1 atom stereocenters. The van der Waals surface area contributed by atoms with E-state index in [1.165, 1.54) is 148 Å². The van der Waals surface area contributed by atoms with E-state index in [9.17, 15) is 14.4 Å². The number of ether oxygens (including phenoxy) is 3. The highest BCUT2D eigenvalue weighted by Gasteiger charge is 2.19. The van der Waals surface area contributed by atoms with Crippen LogP contribution in [0.15, 0.2) is 85.1 Å². The van der Waals surface area contributed by atoms with E-state index >= 15 is 0 Å². The van der Waals surface area contributed by atoms with E-state index in [2.05, 4.69) is 106 Å². The highest BCUT2D eigenvalue weighted by Crippen LogP contribution is 2.15. The zero-order valence-corrected chi connectivity index (χ0v) is 46.0. The minimum atomic E-state index is -0.795. The summed E-state index contributed by atoms with van der Waals surface area (Å²) in [5, 5.41) is 0. The van der Waals surface area contributed by atoms with Crippen molar-refractivity contribution in [3.63, 3.8) is 0 Å². The Morgan fingerprint density at radius 1 is 0.300 bits per heavy atom. The summed E-state index contributed by atoms with van der Waals surface area (Å²) in [6.45, 7) is 6.48. The van der Waals surface area contributed by atoms with Crippen LogP contribution in [0.3, 0.4) is 0 Å². The van der Waals surface area contributed by atoms with Gasteiger partial charge in [-0.05, 0) is 89.9 Å². The van der Waals surface area contributed by atoms with Crippen molar-refractivity contribution in [1.82, 2.24) is 0 Å². The number of hydrogen-bond donors (Lipinski definition) is 0. The molecule has 0 aromatic rings.